The Kier molecular flexibility index (Phi) is 7.24. The zero-order chi connectivity index (χ0) is 23.4. The highest BCUT2D eigenvalue weighted by Gasteiger charge is 2.38. The second-order valence-electron chi connectivity index (χ2n) is 10.8. The second-order valence-corrected chi connectivity index (χ2v) is 10.8. The van der Waals surface area contributed by atoms with Crippen LogP contribution < -0.4 is 5.32 Å². The molecule has 0 spiro atoms. The van der Waals surface area contributed by atoms with Gasteiger partial charge in [-0.05, 0) is 62.4 Å². The molecule has 2 aromatic rings. The first kappa shape index (κ1) is 24.5. The Morgan fingerprint density at radius 2 is 1.65 bits per heavy atom. The molecule has 8 nitrogen and oxygen atoms in total. The molecular weight excluding hydrogens is 394 g/mol. The number of carbonyl (C=O) groups excluding carboxylic acids is 2. The molecule has 0 aliphatic heterocycles. The number of rotatable bonds is 7. The van der Waals surface area contributed by atoms with E-state index in [0.717, 1.165) is 12.0 Å². The zero-order valence-electron chi connectivity index (χ0n) is 19.9. The summed E-state index contributed by atoms with van der Waals surface area (Å²) >= 11 is 0. The van der Waals surface area contributed by atoms with Crippen LogP contribution in [0.4, 0.5) is 0 Å². The van der Waals surface area contributed by atoms with E-state index < -0.39 is 29.1 Å². The third kappa shape index (κ3) is 7.45. The fourth-order valence-electron chi connectivity index (χ4n) is 3.76. The van der Waals surface area contributed by atoms with Gasteiger partial charge in [0.1, 0.15) is 0 Å². The number of nitrogens with zero attached hydrogens (tertiary/aromatic N) is 4. The van der Waals surface area contributed by atoms with Crippen molar-refractivity contribution in [1.82, 2.24) is 25.5 Å². The van der Waals surface area contributed by atoms with Crippen molar-refractivity contribution in [3.05, 3.63) is 41.7 Å². The lowest BCUT2D eigenvalue weighted by Gasteiger charge is -2.33. The number of carbonyl (C=O) groups is 2. The Hall–Kier alpha value is -2.77. The second kappa shape index (κ2) is 9.16. The lowest BCUT2D eigenvalue weighted by atomic mass is 9.82. The molecule has 1 aromatic carbocycles. The van der Waals surface area contributed by atoms with Gasteiger partial charge in [-0.15, -0.1) is 5.10 Å². The molecule has 1 aromatic heterocycles. The number of tetrazole rings is 1. The topological polar surface area (TPSA) is 99.0 Å². The van der Waals surface area contributed by atoms with Crippen molar-refractivity contribution < 1.29 is 14.3 Å². The molecule has 0 fully saturated rings. The lowest BCUT2D eigenvalue weighted by Crippen LogP contribution is -2.45. The molecular formula is C23H35N5O3. The molecule has 8 heteroatoms. The van der Waals surface area contributed by atoms with E-state index in [9.17, 15) is 9.59 Å². The van der Waals surface area contributed by atoms with E-state index >= 15 is 0 Å². The minimum absolute atomic E-state index is 0.000128. The number of ether oxygens (including phenoxy) is 1. The van der Waals surface area contributed by atoms with E-state index in [1.165, 1.54) is 0 Å². The standard InChI is InChI=1S/C23H35N5O3/c1-21(2,3)15-23(7,8)28-19(25-26-27-28)18(20(30)24-22(4,5)6)31-17(29)14-16-12-10-9-11-13-16/h9-13,18H,14-15H2,1-8H3,(H,24,30). The van der Waals surface area contributed by atoms with Gasteiger partial charge in [0.15, 0.2) is 0 Å². The van der Waals surface area contributed by atoms with Gasteiger partial charge in [0.25, 0.3) is 5.91 Å². The molecule has 0 aliphatic rings. The molecule has 1 atom stereocenters. The fraction of sp³-hybridized carbons (Fsp3) is 0.609. The van der Waals surface area contributed by atoms with Crippen molar-refractivity contribution in [3.63, 3.8) is 0 Å². The third-order valence-electron chi connectivity index (χ3n) is 4.44. The molecule has 0 bridgehead atoms. The summed E-state index contributed by atoms with van der Waals surface area (Å²) in [5.74, 6) is -0.780. The molecule has 1 N–H and O–H groups in total. The predicted molar refractivity (Wildman–Crippen MR) is 118 cm³/mol. The van der Waals surface area contributed by atoms with Gasteiger partial charge < -0.3 is 10.1 Å². The van der Waals surface area contributed by atoms with E-state index in [1.807, 2.05) is 65.0 Å². The Morgan fingerprint density at radius 3 is 2.19 bits per heavy atom. The average Bonchev–Trinajstić information content (AvgIpc) is 3.07. The fourth-order valence-corrected chi connectivity index (χ4v) is 3.76. The maximum Gasteiger partial charge on any atom is 0.311 e. The Morgan fingerprint density at radius 1 is 1.03 bits per heavy atom. The molecule has 1 amide bonds. The van der Waals surface area contributed by atoms with Crippen LogP contribution in [-0.2, 0) is 26.3 Å². The van der Waals surface area contributed by atoms with E-state index in [4.69, 9.17) is 4.74 Å². The predicted octanol–water partition coefficient (Wildman–Crippen LogP) is 3.59. The number of amides is 1. The summed E-state index contributed by atoms with van der Waals surface area (Å²) in [5.41, 5.74) is -0.209. The smallest absolute Gasteiger partial charge is 0.311 e. The Balaban J connectivity index is 2.37. The van der Waals surface area contributed by atoms with Crippen molar-refractivity contribution in [2.24, 2.45) is 5.41 Å². The minimum atomic E-state index is -1.26. The summed E-state index contributed by atoms with van der Waals surface area (Å²) < 4.78 is 7.26. The van der Waals surface area contributed by atoms with Gasteiger partial charge in [-0.1, -0.05) is 51.1 Å². The van der Waals surface area contributed by atoms with Gasteiger partial charge in [-0.3, -0.25) is 9.59 Å². The van der Waals surface area contributed by atoms with Gasteiger partial charge in [-0.2, -0.15) is 0 Å². The molecule has 0 aliphatic carbocycles. The van der Waals surface area contributed by atoms with Gasteiger partial charge in [0, 0.05) is 5.54 Å². The monoisotopic (exact) mass is 429 g/mol. The molecule has 1 unspecified atom stereocenters. The number of hydrogen-bond donors (Lipinski definition) is 1. The van der Waals surface area contributed by atoms with Gasteiger partial charge >= 0.3 is 5.97 Å². The molecule has 31 heavy (non-hydrogen) atoms. The number of nitrogens with one attached hydrogen (secondary N) is 1. The normalized spacial score (nSPS) is 13.5. The lowest BCUT2D eigenvalue weighted by molar-refractivity contribution is -0.157. The van der Waals surface area contributed by atoms with Crippen LogP contribution in [0.25, 0.3) is 0 Å². The number of hydrogen-bond acceptors (Lipinski definition) is 6. The van der Waals surface area contributed by atoms with Crippen LogP contribution in [0, 0.1) is 5.41 Å². The van der Waals surface area contributed by atoms with E-state index in [2.05, 4.69) is 41.6 Å². The largest absolute Gasteiger partial charge is 0.444 e. The van der Waals surface area contributed by atoms with Crippen molar-refractivity contribution in [2.75, 3.05) is 0 Å². The molecule has 0 saturated carbocycles. The Bertz CT molecular complexity index is 892. The first-order chi connectivity index (χ1) is 14.2. The number of benzene rings is 1. The summed E-state index contributed by atoms with van der Waals surface area (Å²) in [4.78, 5) is 25.8. The number of aromatic nitrogens is 4. The molecule has 2 rings (SSSR count). The van der Waals surface area contributed by atoms with E-state index in [1.54, 1.807) is 4.68 Å². The van der Waals surface area contributed by atoms with Crippen molar-refractivity contribution in [1.29, 1.82) is 0 Å². The maximum absolute atomic E-state index is 13.1. The van der Waals surface area contributed by atoms with Crippen LogP contribution in [0.2, 0.25) is 0 Å². The average molecular weight is 430 g/mol. The molecule has 0 radical (unpaired) electrons. The molecule has 170 valence electrons. The zero-order valence-corrected chi connectivity index (χ0v) is 19.9. The highest BCUT2D eigenvalue weighted by Crippen LogP contribution is 2.33. The maximum atomic E-state index is 13.1. The van der Waals surface area contributed by atoms with Crippen LogP contribution in [0.1, 0.15) is 79.3 Å². The highest BCUT2D eigenvalue weighted by molar-refractivity contribution is 5.85. The first-order valence-corrected chi connectivity index (χ1v) is 10.5. The summed E-state index contributed by atoms with van der Waals surface area (Å²) in [6.07, 6.45) is -0.457. The van der Waals surface area contributed by atoms with Gasteiger partial charge in [-0.25, -0.2) is 4.68 Å². The summed E-state index contributed by atoms with van der Waals surface area (Å²) in [5, 5.41) is 14.9. The summed E-state index contributed by atoms with van der Waals surface area (Å²) in [6.45, 7) is 16.0. The van der Waals surface area contributed by atoms with Crippen molar-refractivity contribution in [3.8, 4) is 0 Å². The van der Waals surface area contributed by atoms with Crippen LogP contribution >= 0.6 is 0 Å². The van der Waals surface area contributed by atoms with Crippen LogP contribution in [-0.4, -0.2) is 37.6 Å². The molecule has 1 heterocycles. The van der Waals surface area contributed by atoms with Crippen molar-refractivity contribution >= 4 is 11.9 Å². The first-order valence-electron chi connectivity index (χ1n) is 10.5. The summed E-state index contributed by atoms with van der Waals surface area (Å²) in [6, 6.07) is 9.24. The number of esters is 1. The quantitative estimate of drug-likeness (QED) is 0.676. The van der Waals surface area contributed by atoms with E-state index in [0.29, 0.717) is 0 Å². The Labute approximate surface area is 184 Å². The molecule has 0 saturated heterocycles. The van der Waals surface area contributed by atoms with Gasteiger partial charge in [0.2, 0.25) is 11.9 Å². The summed E-state index contributed by atoms with van der Waals surface area (Å²) in [7, 11) is 0. The van der Waals surface area contributed by atoms with E-state index in [-0.39, 0.29) is 17.7 Å². The highest BCUT2D eigenvalue weighted by atomic mass is 16.5. The third-order valence-corrected chi connectivity index (χ3v) is 4.44. The van der Waals surface area contributed by atoms with Crippen molar-refractivity contribution in [2.45, 2.75) is 85.4 Å². The van der Waals surface area contributed by atoms with Crippen LogP contribution in [0.5, 0.6) is 0 Å². The minimum Gasteiger partial charge on any atom is -0.444 e. The van der Waals surface area contributed by atoms with Gasteiger partial charge in [0.05, 0.1) is 12.0 Å². The van der Waals surface area contributed by atoms with Crippen LogP contribution in [0.15, 0.2) is 30.3 Å². The van der Waals surface area contributed by atoms with Crippen LogP contribution in [0.3, 0.4) is 0 Å². The SMILES string of the molecule is CC(C)(C)CC(C)(C)n1nnnc1C(OC(=O)Cc1ccccc1)C(=O)NC(C)(C)C.